The lowest BCUT2D eigenvalue weighted by atomic mass is 9.85. The minimum absolute atomic E-state index is 0.121. The van der Waals surface area contributed by atoms with Gasteiger partial charge in [-0.2, -0.15) is 0 Å². The van der Waals surface area contributed by atoms with Crippen molar-refractivity contribution in [1.29, 1.82) is 0 Å². The standard InChI is InChI=1S/C18H21ClF2N2O4S/c1-9-3-2-4-13(9)22-18(25)23-14-6-5-12(19)16(15(14)24)28(26,27)11-7-10(8-11)17(20)21/h3,5-6,10-11,13,17,24H,2,4,7-8H2,1H3,(H2,22,23,25)/t10-,11-,13-/m1/s1. The number of urea groups is 1. The number of phenolic OH excluding ortho intramolecular Hbond substituents is 1. The van der Waals surface area contributed by atoms with E-state index in [1.807, 2.05) is 13.0 Å². The Hall–Kier alpha value is -1.87. The zero-order valence-electron chi connectivity index (χ0n) is 15.1. The first-order valence-corrected chi connectivity index (χ1v) is 10.8. The predicted octanol–water partition coefficient (Wildman–Crippen LogP) is 4.09. The van der Waals surface area contributed by atoms with E-state index in [2.05, 4.69) is 10.6 Å². The van der Waals surface area contributed by atoms with Gasteiger partial charge >= 0.3 is 6.03 Å². The summed E-state index contributed by atoms with van der Waals surface area (Å²) in [6, 6.07) is 1.81. The number of benzene rings is 1. The van der Waals surface area contributed by atoms with Gasteiger partial charge < -0.3 is 15.7 Å². The summed E-state index contributed by atoms with van der Waals surface area (Å²) in [4.78, 5) is 11.7. The maximum atomic E-state index is 12.8. The third kappa shape index (κ3) is 3.96. The normalized spacial score (nSPS) is 24.6. The second-order valence-electron chi connectivity index (χ2n) is 7.18. The molecule has 0 heterocycles. The van der Waals surface area contributed by atoms with Gasteiger partial charge in [-0.3, -0.25) is 0 Å². The smallest absolute Gasteiger partial charge is 0.319 e. The Labute approximate surface area is 166 Å². The largest absolute Gasteiger partial charge is 0.504 e. The minimum Gasteiger partial charge on any atom is -0.504 e. The number of nitrogens with one attached hydrogen (secondary N) is 2. The fourth-order valence-corrected chi connectivity index (χ4v) is 6.03. The molecular formula is C18H21ClF2N2O4S. The van der Waals surface area contributed by atoms with Crippen LogP contribution in [0.1, 0.15) is 32.6 Å². The number of amides is 2. The van der Waals surface area contributed by atoms with Gasteiger partial charge in [0.15, 0.2) is 15.6 Å². The van der Waals surface area contributed by atoms with Crippen molar-refractivity contribution in [3.05, 3.63) is 28.8 Å². The molecule has 2 amide bonds. The molecule has 1 fully saturated rings. The van der Waals surface area contributed by atoms with Crippen molar-refractivity contribution >= 4 is 33.2 Å². The first-order valence-electron chi connectivity index (χ1n) is 8.89. The van der Waals surface area contributed by atoms with Crippen LogP contribution in [0, 0.1) is 5.92 Å². The van der Waals surface area contributed by atoms with Gasteiger partial charge in [-0.05, 0) is 44.7 Å². The molecule has 0 aliphatic heterocycles. The van der Waals surface area contributed by atoms with E-state index in [4.69, 9.17) is 11.6 Å². The van der Waals surface area contributed by atoms with Gasteiger partial charge in [0.1, 0.15) is 4.90 Å². The average molecular weight is 435 g/mol. The molecule has 0 bridgehead atoms. The van der Waals surface area contributed by atoms with E-state index >= 15 is 0 Å². The molecule has 0 unspecified atom stereocenters. The van der Waals surface area contributed by atoms with Gasteiger partial charge in [0.2, 0.25) is 6.43 Å². The second kappa shape index (κ2) is 7.87. The van der Waals surface area contributed by atoms with E-state index in [1.165, 1.54) is 12.1 Å². The predicted molar refractivity (Wildman–Crippen MR) is 102 cm³/mol. The number of hydrogen-bond donors (Lipinski definition) is 3. The fourth-order valence-electron chi connectivity index (χ4n) is 3.50. The molecule has 28 heavy (non-hydrogen) atoms. The van der Waals surface area contributed by atoms with Crippen molar-refractivity contribution in [1.82, 2.24) is 5.32 Å². The molecular weight excluding hydrogens is 414 g/mol. The maximum Gasteiger partial charge on any atom is 0.319 e. The molecule has 6 nitrogen and oxygen atoms in total. The zero-order valence-corrected chi connectivity index (χ0v) is 16.7. The van der Waals surface area contributed by atoms with Crippen LogP contribution in [0.4, 0.5) is 19.3 Å². The number of hydrogen-bond acceptors (Lipinski definition) is 4. The van der Waals surface area contributed by atoms with Crippen molar-refractivity contribution in [3.63, 3.8) is 0 Å². The molecule has 0 aromatic heterocycles. The third-order valence-electron chi connectivity index (χ3n) is 5.32. The van der Waals surface area contributed by atoms with Gasteiger partial charge in [-0.1, -0.05) is 23.3 Å². The van der Waals surface area contributed by atoms with Crippen molar-refractivity contribution in [2.24, 2.45) is 5.92 Å². The third-order valence-corrected chi connectivity index (χ3v) is 7.99. The summed E-state index contributed by atoms with van der Waals surface area (Å²) in [5.74, 6) is -1.67. The highest BCUT2D eigenvalue weighted by Crippen LogP contribution is 2.45. The van der Waals surface area contributed by atoms with Crippen molar-refractivity contribution < 1.29 is 27.1 Å². The summed E-state index contributed by atoms with van der Waals surface area (Å²) in [5.41, 5.74) is 0.905. The van der Waals surface area contributed by atoms with Gasteiger partial charge in [-0.25, -0.2) is 22.0 Å². The zero-order chi connectivity index (χ0) is 20.6. The van der Waals surface area contributed by atoms with Crippen molar-refractivity contribution in [2.75, 3.05) is 5.32 Å². The summed E-state index contributed by atoms with van der Waals surface area (Å²) >= 11 is 5.98. The van der Waals surface area contributed by atoms with Crippen molar-refractivity contribution in [3.8, 4) is 5.75 Å². The van der Waals surface area contributed by atoms with Crippen LogP contribution in [0.25, 0.3) is 0 Å². The van der Waals surface area contributed by atoms with Crippen LogP contribution in [0.5, 0.6) is 5.75 Å². The molecule has 1 aromatic carbocycles. The molecule has 154 valence electrons. The summed E-state index contributed by atoms with van der Waals surface area (Å²) in [5, 5.41) is 14.4. The lowest BCUT2D eigenvalue weighted by Gasteiger charge is -2.34. The molecule has 0 spiro atoms. The summed E-state index contributed by atoms with van der Waals surface area (Å²) in [7, 11) is -4.12. The Kier molecular flexibility index (Phi) is 5.86. The monoisotopic (exact) mass is 434 g/mol. The van der Waals surface area contributed by atoms with Crippen LogP contribution in [0.2, 0.25) is 5.02 Å². The Bertz CT molecular complexity index is 914. The topological polar surface area (TPSA) is 95.5 Å². The van der Waals surface area contributed by atoms with E-state index in [0.29, 0.717) is 0 Å². The second-order valence-corrected chi connectivity index (χ2v) is 9.75. The number of allylic oxidation sites excluding steroid dienone is 1. The van der Waals surface area contributed by atoms with Crippen molar-refractivity contribution in [2.45, 2.75) is 55.2 Å². The fraction of sp³-hybridized carbons (Fsp3) is 0.500. The highest BCUT2D eigenvalue weighted by Gasteiger charge is 2.45. The van der Waals surface area contributed by atoms with Gasteiger partial charge in [0.25, 0.3) is 0 Å². The molecule has 2 aliphatic rings. The Morgan fingerprint density at radius 2 is 2.00 bits per heavy atom. The summed E-state index contributed by atoms with van der Waals surface area (Å²) < 4.78 is 50.9. The Balaban J connectivity index is 1.78. The number of carbonyl (C=O) groups is 1. The number of carbonyl (C=O) groups excluding carboxylic acids is 1. The minimum atomic E-state index is -4.12. The van der Waals surface area contributed by atoms with Crippen LogP contribution in [-0.2, 0) is 9.84 Å². The van der Waals surface area contributed by atoms with Gasteiger partial charge in [-0.15, -0.1) is 0 Å². The number of anilines is 1. The SMILES string of the molecule is CC1=CCC[C@H]1NC(=O)Nc1ccc(Cl)c(S(=O)(=O)[C@H]2C[C@H](C(F)F)C2)c1O. The molecule has 2 aliphatic carbocycles. The summed E-state index contributed by atoms with van der Waals surface area (Å²) in [6.45, 7) is 1.90. The van der Waals surface area contributed by atoms with E-state index < -0.39 is 44.1 Å². The molecule has 0 radical (unpaired) electrons. The number of rotatable bonds is 5. The molecule has 0 saturated heterocycles. The Morgan fingerprint density at radius 1 is 1.32 bits per heavy atom. The quantitative estimate of drug-likeness (QED) is 0.480. The van der Waals surface area contributed by atoms with Gasteiger partial charge in [0, 0.05) is 5.92 Å². The molecule has 3 N–H and O–H groups in total. The molecule has 1 aromatic rings. The van der Waals surface area contributed by atoms with E-state index in [0.717, 1.165) is 18.4 Å². The maximum absolute atomic E-state index is 12.8. The molecule has 1 atom stereocenters. The Morgan fingerprint density at radius 3 is 2.57 bits per heavy atom. The lowest BCUT2D eigenvalue weighted by Crippen LogP contribution is -2.39. The highest BCUT2D eigenvalue weighted by atomic mass is 35.5. The van der Waals surface area contributed by atoms with Gasteiger partial charge in [0.05, 0.1) is 22.0 Å². The van der Waals surface area contributed by atoms with Crippen LogP contribution < -0.4 is 10.6 Å². The highest BCUT2D eigenvalue weighted by molar-refractivity contribution is 7.92. The first-order chi connectivity index (χ1) is 13.1. The molecule has 10 heteroatoms. The number of sulfone groups is 1. The van der Waals surface area contributed by atoms with E-state index in [1.54, 1.807) is 0 Å². The average Bonchev–Trinajstić information content (AvgIpc) is 2.92. The van der Waals surface area contributed by atoms with Crippen LogP contribution in [-0.4, -0.2) is 37.3 Å². The van der Waals surface area contributed by atoms with Crippen LogP contribution in [0.15, 0.2) is 28.7 Å². The molecule has 3 rings (SSSR count). The van der Waals surface area contributed by atoms with Crippen LogP contribution in [0.3, 0.4) is 0 Å². The molecule has 1 saturated carbocycles. The number of halogens is 3. The lowest BCUT2D eigenvalue weighted by molar-refractivity contribution is 0.0364. The van der Waals surface area contributed by atoms with Crippen LogP contribution >= 0.6 is 11.6 Å². The van der Waals surface area contributed by atoms with E-state index in [-0.39, 0.29) is 29.6 Å². The summed E-state index contributed by atoms with van der Waals surface area (Å²) in [6.07, 6.45) is 0.661. The first kappa shape index (κ1) is 20.9. The number of phenols is 1. The number of aromatic hydroxyl groups is 1. The number of alkyl halides is 2. The van der Waals surface area contributed by atoms with E-state index in [9.17, 15) is 27.1 Å².